The third-order valence-electron chi connectivity index (χ3n) is 3.29. The highest BCUT2D eigenvalue weighted by Gasteiger charge is 2.24. The summed E-state index contributed by atoms with van der Waals surface area (Å²) in [5, 5.41) is 5.74. The number of fused-ring (bicyclic) bond motifs is 1. The third-order valence-corrected chi connectivity index (χ3v) is 3.81. The van der Waals surface area contributed by atoms with Crippen LogP contribution in [-0.2, 0) is 0 Å². The standard InChI is InChI=1S/C15H14N2O2S/c1-9(2)10-3-4-14-13(6-10)15(18)11(7-19-14)5-12-8-20-17-16-12/h3-6,8-9H,7H2,1-2H3/b11-5-. The largest absolute Gasteiger partial charge is 0.488 e. The van der Waals surface area contributed by atoms with Crippen LogP contribution in [0.2, 0.25) is 0 Å². The summed E-state index contributed by atoms with van der Waals surface area (Å²) in [6.07, 6.45) is 1.75. The van der Waals surface area contributed by atoms with Crippen molar-refractivity contribution in [1.29, 1.82) is 0 Å². The maximum atomic E-state index is 12.5. The van der Waals surface area contributed by atoms with Gasteiger partial charge in [-0.2, -0.15) is 0 Å². The summed E-state index contributed by atoms with van der Waals surface area (Å²) in [5.41, 5.74) is 3.09. The van der Waals surface area contributed by atoms with Crippen LogP contribution < -0.4 is 4.74 Å². The first-order valence-electron chi connectivity index (χ1n) is 6.44. The molecule has 0 N–H and O–H groups in total. The van der Waals surface area contributed by atoms with Crippen LogP contribution in [-0.4, -0.2) is 22.0 Å². The number of ether oxygens (including phenoxy) is 1. The van der Waals surface area contributed by atoms with Gasteiger partial charge in [-0.25, -0.2) is 0 Å². The predicted molar refractivity (Wildman–Crippen MR) is 78.2 cm³/mol. The van der Waals surface area contributed by atoms with E-state index >= 15 is 0 Å². The Labute approximate surface area is 121 Å². The van der Waals surface area contributed by atoms with E-state index in [1.54, 1.807) is 11.5 Å². The Kier molecular flexibility index (Phi) is 3.36. The summed E-state index contributed by atoms with van der Waals surface area (Å²) in [6, 6.07) is 5.81. The van der Waals surface area contributed by atoms with Gasteiger partial charge in [0.05, 0.1) is 11.3 Å². The number of nitrogens with zero attached hydrogens (tertiary/aromatic N) is 2. The van der Waals surface area contributed by atoms with Crippen molar-refractivity contribution in [3.05, 3.63) is 46.0 Å². The number of carbonyl (C=O) groups excluding carboxylic acids is 1. The van der Waals surface area contributed by atoms with E-state index in [2.05, 4.69) is 23.4 Å². The van der Waals surface area contributed by atoms with E-state index in [1.807, 2.05) is 18.2 Å². The monoisotopic (exact) mass is 286 g/mol. The van der Waals surface area contributed by atoms with Crippen molar-refractivity contribution < 1.29 is 9.53 Å². The zero-order chi connectivity index (χ0) is 14.1. The minimum Gasteiger partial charge on any atom is -0.488 e. The average molecular weight is 286 g/mol. The van der Waals surface area contributed by atoms with Crippen LogP contribution in [0.25, 0.3) is 6.08 Å². The van der Waals surface area contributed by atoms with Crippen LogP contribution in [0, 0.1) is 0 Å². The zero-order valence-corrected chi connectivity index (χ0v) is 12.1. The molecule has 0 aliphatic carbocycles. The van der Waals surface area contributed by atoms with Gasteiger partial charge in [-0.05, 0) is 41.2 Å². The van der Waals surface area contributed by atoms with E-state index in [-0.39, 0.29) is 12.4 Å². The Bertz CT molecular complexity index is 675. The topological polar surface area (TPSA) is 52.1 Å². The molecular formula is C15H14N2O2S. The van der Waals surface area contributed by atoms with Gasteiger partial charge in [0.25, 0.3) is 0 Å². The number of aromatic nitrogens is 2. The second-order valence-corrected chi connectivity index (χ2v) is 5.64. The highest BCUT2D eigenvalue weighted by atomic mass is 32.1. The van der Waals surface area contributed by atoms with Crippen molar-refractivity contribution in [3.63, 3.8) is 0 Å². The van der Waals surface area contributed by atoms with Crippen LogP contribution in [0.5, 0.6) is 5.75 Å². The minimum atomic E-state index is 0.0155. The lowest BCUT2D eigenvalue weighted by Gasteiger charge is -2.20. The summed E-state index contributed by atoms with van der Waals surface area (Å²) >= 11 is 1.26. The SMILES string of the molecule is CC(C)c1ccc2c(c1)C(=O)/C(=C\c1csnn1)CO2. The fourth-order valence-corrected chi connectivity index (χ4v) is 2.54. The molecule has 0 unspecified atom stereocenters. The fraction of sp³-hybridized carbons (Fsp3) is 0.267. The molecule has 0 radical (unpaired) electrons. The number of benzene rings is 1. The lowest BCUT2D eigenvalue weighted by molar-refractivity contribution is 0.100. The van der Waals surface area contributed by atoms with Gasteiger partial charge in [0, 0.05) is 11.0 Å². The molecule has 0 saturated heterocycles. The quantitative estimate of drug-likeness (QED) is 0.795. The second-order valence-electron chi connectivity index (χ2n) is 5.03. The molecule has 0 spiro atoms. The Morgan fingerprint density at radius 3 is 2.95 bits per heavy atom. The number of hydrogen-bond acceptors (Lipinski definition) is 5. The Morgan fingerprint density at radius 1 is 1.40 bits per heavy atom. The molecule has 2 heterocycles. The molecule has 0 fully saturated rings. The summed E-state index contributed by atoms with van der Waals surface area (Å²) in [5.74, 6) is 1.06. The molecule has 4 nitrogen and oxygen atoms in total. The summed E-state index contributed by atoms with van der Waals surface area (Å²) in [7, 11) is 0. The van der Waals surface area contributed by atoms with E-state index in [0.29, 0.717) is 28.5 Å². The molecule has 1 aromatic carbocycles. The number of carbonyl (C=O) groups is 1. The highest BCUT2D eigenvalue weighted by Crippen LogP contribution is 2.30. The first-order valence-corrected chi connectivity index (χ1v) is 7.28. The van der Waals surface area contributed by atoms with Gasteiger partial charge < -0.3 is 4.74 Å². The van der Waals surface area contributed by atoms with Crippen molar-refractivity contribution in [2.45, 2.75) is 19.8 Å². The van der Waals surface area contributed by atoms with Crippen molar-refractivity contribution in [3.8, 4) is 5.75 Å². The maximum absolute atomic E-state index is 12.5. The van der Waals surface area contributed by atoms with E-state index in [4.69, 9.17) is 4.74 Å². The molecule has 0 atom stereocenters. The maximum Gasteiger partial charge on any atom is 0.196 e. The summed E-state index contributed by atoms with van der Waals surface area (Å²) in [6.45, 7) is 4.49. The molecule has 2 aromatic rings. The second kappa shape index (κ2) is 5.17. The molecule has 5 heteroatoms. The van der Waals surface area contributed by atoms with E-state index in [1.165, 1.54) is 11.5 Å². The molecule has 1 aromatic heterocycles. The lowest BCUT2D eigenvalue weighted by Crippen LogP contribution is -2.19. The lowest BCUT2D eigenvalue weighted by atomic mass is 9.94. The van der Waals surface area contributed by atoms with Crippen LogP contribution in [0.1, 0.15) is 41.4 Å². The van der Waals surface area contributed by atoms with E-state index < -0.39 is 0 Å². The zero-order valence-electron chi connectivity index (χ0n) is 11.3. The summed E-state index contributed by atoms with van der Waals surface area (Å²) in [4.78, 5) is 12.5. The Balaban J connectivity index is 1.99. The molecular weight excluding hydrogens is 272 g/mol. The molecule has 102 valence electrons. The Morgan fingerprint density at radius 2 is 2.25 bits per heavy atom. The van der Waals surface area contributed by atoms with Crippen molar-refractivity contribution in [2.75, 3.05) is 6.61 Å². The number of rotatable bonds is 2. The molecule has 3 rings (SSSR count). The average Bonchev–Trinajstić information content (AvgIpc) is 2.94. The van der Waals surface area contributed by atoms with Crippen molar-refractivity contribution >= 4 is 23.4 Å². The third kappa shape index (κ3) is 2.36. The van der Waals surface area contributed by atoms with E-state index in [0.717, 1.165) is 5.56 Å². The molecule has 0 bridgehead atoms. The van der Waals surface area contributed by atoms with Crippen molar-refractivity contribution in [1.82, 2.24) is 9.59 Å². The number of hydrogen-bond donors (Lipinski definition) is 0. The number of ketones is 1. The van der Waals surface area contributed by atoms with E-state index in [9.17, 15) is 4.79 Å². The smallest absolute Gasteiger partial charge is 0.196 e. The van der Waals surface area contributed by atoms with Gasteiger partial charge >= 0.3 is 0 Å². The first kappa shape index (κ1) is 13.0. The van der Waals surface area contributed by atoms with Gasteiger partial charge in [0.1, 0.15) is 12.4 Å². The van der Waals surface area contributed by atoms with Gasteiger partial charge in [-0.15, -0.1) is 5.10 Å². The van der Waals surface area contributed by atoms with Crippen LogP contribution in [0.15, 0.2) is 29.2 Å². The van der Waals surface area contributed by atoms with Crippen molar-refractivity contribution in [2.24, 2.45) is 0 Å². The van der Waals surface area contributed by atoms with Gasteiger partial charge in [0.15, 0.2) is 5.78 Å². The molecule has 20 heavy (non-hydrogen) atoms. The first-order chi connectivity index (χ1) is 9.65. The van der Waals surface area contributed by atoms with Crippen LogP contribution in [0.3, 0.4) is 0 Å². The minimum absolute atomic E-state index is 0.0155. The van der Waals surface area contributed by atoms with Crippen LogP contribution in [0.4, 0.5) is 0 Å². The molecule has 0 saturated carbocycles. The Hall–Kier alpha value is -2.01. The molecule has 1 aliphatic rings. The van der Waals surface area contributed by atoms with Gasteiger partial charge in [0.2, 0.25) is 0 Å². The predicted octanol–water partition coefficient (Wildman–Crippen LogP) is 3.32. The summed E-state index contributed by atoms with van der Waals surface area (Å²) < 4.78 is 9.45. The van der Waals surface area contributed by atoms with Gasteiger partial charge in [-0.3, -0.25) is 4.79 Å². The highest BCUT2D eigenvalue weighted by molar-refractivity contribution is 7.03. The van der Waals surface area contributed by atoms with Gasteiger partial charge in [-0.1, -0.05) is 24.4 Å². The fourth-order valence-electron chi connectivity index (χ4n) is 2.12. The normalized spacial score (nSPS) is 16.4. The van der Waals surface area contributed by atoms with Crippen LogP contribution >= 0.6 is 11.5 Å². The number of Topliss-reactive ketones (excluding diaryl/α,β-unsaturated/α-hetero) is 1. The molecule has 0 amide bonds. The molecule has 1 aliphatic heterocycles.